The molecule has 1 aromatic rings. The fourth-order valence-corrected chi connectivity index (χ4v) is 1.28. The highest BCUT2D eigenvalue weighted by Crippen LogP contribution is 2.17. The van der Waals surface area contributed by atoms with Gasteiger partial charge in [0.25, 0.3) is 0 Å². The van der Waals surface area contributed by atoms with Gasteiger partial charge in [0.15, 0.2) is 0 Å². The summed E-state index contributed by atoms with van der Waals surface area (Å²) in [7, 11) is 1.40. The average Bonchev–Trinajstić information content (AvgIpc) is 2.17. The Bertz CT molecular complexity index is 323. The number of ether oxygens (including phenoxy) is 1. The van der Waals surface area contributed by atoms with Crippen LogP contribution in [0.2, 0.25) is 0 Å². The molecule has 1 atom stereocenters. The van der Waals surface area contributed by atoms with E-state index in [1.54, 1.807) is 0 Å². The molecule has 14 heavy (non-hydrogen) atoms. The molecule has 0 aliphatic rings. The van der Waals surface area contributed by atoms with Crippen LogP contribution in [-0.2, 0) is 9.53 Å². The molecule has 0 spiro atoms. The van der Waals surface area contributed by atoms with Gasteiger partial charge in [0.05, 0.1) is 13.5 Å². The number of aromatic nitrogens is 1. The number of rotatable bonds is 3. The molecule has 3 heteroatoms. The Labute approximate surface area is 84.1 Å². The van der Waals surface area contributed by atoms with E-state index in [0.29, 0.717) is 6.42 Å². The zero-order valence-corrected chi connectivity index (χ0v) is 8.78. The number of hydrogen-bond acceptors (Lipinski definition) is 3. The van der Waals surface area contributed by atoms with Crippen molar-refractivity contribution >= 4 is 5.97 Å². The summed E-state index contributed by atoms with van der Waals surface area (Å²) in [5.74, 6) is -0.0804. The van der Waals surface area contributed by atoms with E-state index in [4.69, 9.17) is 0 Å². The Balaban J connectivity index is 2.69. The van der Waals surface area contributed by atoms with Gasteiger partial charge in [-0.3, -0.25) is 9.78 Å². The first-order chi connectivity index (χ1) is 6.63. The van der Waals surface area contributed by atoms with Gasteiger partial charge in [-0.05, 0) is 19.1 Å². The molecule has 0 aromatic carbocycles. The number of aryl methyl sites for hydroxylation is 1. The third-order valence-electron chi connectivity index (χ3n) is 2.12. The molecule has 0 N–H and O–H groups in total. The molecular weight excluding hydrogens is 178 g/mol. The summed E-state index contributed by atoms with van der Waals surface area (Å²) < 4.78 is 4.61. The topological polar surface area (TPSA) is 39.2 Å². The molecule has 0 fully saturated rings. The number of carbonyl (C=O) groups is 1. The largest absolute Gasteiger partial charge is 0.469 e. The SMILES string of the molecule is COC(=O)CC(C)c1cccc(C)n1. The van der Waals surface area contributed by atoms with E-state index in [9.17, 15) is 4.79 Å². The lowest BCUT2D eigenvalue weighted by molar-refractivity contribution is -0.141. The lowest BCUT2D eigenvalue weighted by Crippen LogP contribution is -2.07. The number of nitrogens with zero attached hydrogens (tertiary/aromatic N) is 1. The van der Waals surface area contributed by atoms with Crippen LogP contribution in [0, 0.1) is 6.92 Å². The van der Waals surface area contributed by atoms with Crippen LogP contribution < -0.4 is 0 Å². The molecule has 0 saturated heterocycles. The second kappa shape index (κ2) is 4.74. The molecule has 0 saturated carbocycles. The molecule has 0 bridgehead atoms. The maximum absolute atomic E-state index is 11.0. The predicted molar refractivity (Wildman–Crippen MR) is 54.0 cm³/mol. The Kier molecular flexibility index (Phi) is 3.63. The number of pyridine rings is 1. The Morgan fingerprint density at radius 2 is 2.29 bits per heavy atom. The van der Waals surface area contributed by atoms with Crippen molar-refractivity contribution in [3.63, 3.8) is 0 Å². The third kappa shape index (κ3) is 2.83. The van der Waals surface area contributed by atoms with E-state index >= 15 is 0 Å². The van der Waals surface area contributed by atoms with E-state index in [1.165, 1.54) is 7.11 Å². The number of carbonyl (C=O) groups excluding carboxylic acids is 1. The second-order valence-corrected chi connectivity index (χ2v) is 3.39. The highest BCUT2D eigenvalue weighted by molar-refractivity contribution is 5.70. The molecule has 76 valence electrons. The van der Waals surface area contributed by atoms with Crippen molar-refractivity contribution < 1.29 is 9.53 Å². The van der Waals surface area contributed by atoms with Gasteiger partial charge in [0.2, 0.25) is 0 Å². The van der Waals surface area contributed by atoms with E-state index in [0.717, 1.165) is 11.4 Å². The molecule has 3 nitrogen and oxygen atoms in total. The van der Waals surface area contributed by atoms with Crippen LogP contribution in [-0.4, -0.2) is 18.1 Å². The van der Waals surface area contributed by atoms with Gasteiger partial charge >= 0.3 is 5.97 Å². The summed E-state index contributed by atoms with van der Waals surface area (Å²) in [5, 5.41) is 0. The van der Waals surface area contributed by atoms with Crippen LogP contribution in [0.15, 0.2) is 18.2 Å². The average molecular weight is 193 g/mol. The minimum atomic E-state index is -0.194. The molecule has 0 amide bonds. The number of methoxy groups -OCH3 is 1. The zero-order chi connectivity index (χ0) is 10.6. The predicted octanol–water partition coefficient (Wildman–Crippen LogP) is 2.06. The fraction of sp³-hybridized carbons (Fsp3) is 0.455. The molecule has 0 aliphatic carbocycles. The van der Waals surface area contributed by atoms with Crippen molar-refractivity contribution in [2.45, 2.75) is 26.2 Å². The Morgan fingerprint density at radius 1 is 1.57 bits per heavy atom. The summed E-state index contributed by atoms with van der Waals surface area (Å²) in [5.41, 5.74) is 1.91. The van der Waals surface area contributed by atoms with Gasteiger partial charge in [-0.25, -0.2) is 0 Å². The molecule has 1 heterocycles. The molecule has 0 aliphatic heterocycles. The maximum atomic E-state index is 11.0. The highest BCUT2D eigenvalue weighted by Gasteiger charge is 2.12. The Hall–Kier alpha value is -1.38. The summed E-state index contributed by atoms with van der Waals surface area (Å²) in [6.07, 6.45) is 0.382. The van der Waals surface area contributed by atoms with E-state index in [-0.39, 0.29) is 11.9 Å². The Morgan fingerprint density at radius 3 is 2.86 bits per heavy atom. The minimum Gasteiger partial charge on any atom is -0.469 e. The number of hydrogen-bond donors (Lipinski definition) is 0. The smallest absolute Gasteiger partial charge is 0.306 e. The van der Waals surface area contributed by atoms with Crippen molar-refractivity contribution in [3.8, 4) is 0 Å². The quantitative estimate of drug-likeness (QED) is 0.690. The van der Waals surface area contributed by atoms with Crippen LogP contribution in [0.5, 0.6) is 0 Å². The normalized spacial score (nSPS) is 12.2. The van der Waals surface area contributed by atoms with Crippen LogP contribution in [0.3, 0.4) is 0 Å². The van der Waals surface area contributed by atoms with Crippen molar-refractivity contribution in [2.75, 3.05) is 7.11 Å². The standard InChI is InChI=1S/C11H15NO2/c1-8(7-11(13)14-3)10-6-4-5-9(2)12-10/h4-6,8H,7H2,1-3H3. The summed E-state index contributed by atoms with van der Waals surface area (Å²) in [6.45, 7) is 3.91. The molecule has 0 radical (unpaired) electrons. The maximum Gasteiger partial charge on any atom is 0.306 e. The van der Waals surface area contributed by atoms with Crippen molar-refractivity contribution in [1.29, 1.82) is 0 Å². The van der Waals surface area contributed by atoms with Crippen molar-refractivity contribution in [2.24, 2.45) is 0 Å². The van der Waals surface area contributed by atoms with Gasteiger partial charge < -0.3 is 4.74 Å². The molecule has 1 unspecified atom stereocenters. The van der Waals surface area contributed by atoms with Crippen LogP contribution >= 0.6 is 0 Å². The first kappa shape index (κ1) is 10.7. The van der Waals surface area contributed by atoms with Crippen LogP contribution in [0.25, 0.3) is 0 Å². The zero-order valence-electron chi connectivity index (χ0n) is 8.78. The summed E-state index contributed by atoms with van der Waals surface area (Å²) in [6, 6.07) is 5.82. The van der Waals surface area contributed by atoms with Gasteiger partial charge in [0.1, 0.15) is 0 Å². The highest BCUT2D eigenvalue weighted by atomic mass is 16.5. The summed E-state index contributed by atoms with van der Waals surface area (Å²) >= 11 is 0. The van der Waals surface area contributed by atoms with E-state index < -0.39 is 0 Å². The molecule has 1 aromatic heterocycles. The van der Waals surface area contributed by atoms with Gasteiger partial charge in [-0.1, -0.05) is 13.0 Å². The first-order valence-corrected chi connectivity index (χ1v) is 4.64. The number of esters is 1. The summed E-state index contributed by atoms with van der Waals surface area (Å²) in [4.78, 5) is 15.4. The lowest BCUT2D eigenvalue weighted by Gasteiger charge is -2.09. The second-order valence-electron chi connectivity index (χ2n) is 3.39. The van der Waals surface area contributed by atoms with Crippen LogP contribution in [0.4, 0.5) is 0 Å². The lowest BCUT2D eigenvalue weighted by atomic mass is 10.0. The third-order valence-corrected chi connectivity index (χ3v) is 2.12. The molecular formula is C11H15NO2. The van der Waals surface area contributed by atoms with Gasteiger partial charge in [-0.15, -0.1) is 0 Å². The van der Waals surface area contributed by atoms with Gasteiger partial charge in [-0.2, -0.15) is 0 Å². The first-order valence-electron chi connectivity index (χ1n) is 4.64. The van der Waals surface area contributed by atoms with Gasteiger partial charge in [0, 0.05) is 17.3 Å². The van der Waals surface area contributed by atoms with Crippen molar-refractivity contribution in [1.82, 2.24) is 4.98 Å². The monoisotopic (exact) mass is 193 g/mol. The fourth-order valence-electron chi connectivity index (χ4n) is 1.28. The van der Waals surface area contributed by atoms with Crippen LogP contribution in [0.1, 0.15) is 30.7 Å². The van der Waals surface area contributed by atoms with Crippen molar-refractivity contribution in [3.05, 3.63) is 29.6 Å². The van der Waals surface area contributed by atoms with E-state index in [2.05, 4.69) is 9.72 Å². The van der Waals surface area contributed by atoms with E-state index in [1.807, 2.05) is 32.0 Å². The minimum absolute atomic E-state index is 0.113. The molecule has 1 rings (SSSR count).